The maximum absolute atomic E-state index is 12.5. The molecule has 0 aliphatic rings. The number of aliphatic carboxylic acids is 1. The van der Waals surface area contributed by atoms with Crippen LogP contribution in [0.2, 0.25) is 10.0 Å². The summed E-state index contributed by atoms with van der Waals surface area (Å²) < 4.78 is 1.69. The van der Waals surface area contributed by atoms with Crippen LogP contribution in [0.5, 0.6) is 0 Å². The molecule has 1 atom stereocenters. The molecule has 134 valence electrons. The van der Waals surface area contributed by atoms with E-state index in [1.54, 1.807) is 11.7 Å². The van der Waals surface area contributed by atoms with E-state index in [0.29, 0.717) is 10.6 Å². The second-order valence-electron chi connectivity index (χ2n) is 6.06. The largest absolute Gasteiger partial charge is 0.479 e. The van der Waals surface area contributed by atoms with Crippen molar-refractivity contribution in [3.8, 4) is 0 Å². The normalized spacial score (nSPS) is 13.4. The molecular formula is C17H19Cl2N3O3. The Kier molecular flexibility index (Phi) is 5.44. The lowest BCUT2D eigenvalue weighted by atomic mass is 9.91. The summed E-state index contributed by atoms with van der Waals surface area (Å²) in [5, 5.41) is 17.1. The number of hydrogen-bond acceptors (Lipinski definition) is 3. The Labute approximate surface area is 155 Å². The fraction of sp³-hybridized carbons (Fsp3) is 0.353. The molecule has 0 radical (unpaired) electrons. The smallest absolute Gasteiger partial charge is 0.333 e. The fourth-order valence-corrected chi connectivity index (χ4v) is 2.91. The van der Waals surface area contributed by atoms with Gasteiger partial charge in [-0.3, -0.25) is 9.48 Å². The molecule has 25 heavy (non-hydrogen) atoms. The number of rotatable bonds is 5. The van der Waals surface area contributed by atoms with Gasteiger partial charge in [-0.25, -0.2) is 4.79 Å². The van der Waals surface area contributed by atoms with Crippen LogP contribution >= 0.6 is 23.2 Å². The first-order chi connectivity index (χ1) is 11.6. The van der Waals surface area contributed by atoms with Gasteiger partial charge < -0.3 is 10.4 Å². The Bertz CT molecular complexity index is 848. The number of carboxylic acids is 1. The molecule has 1 amide bonds. The van der Waals surface area contributed by atoms with Crippen molar-refractivity contribution in [3.05, 3.63) is 50.8 Å². The van der Waals surface area contributed by atoms with Crippen molar-refractivity contribution in [2.75, 3.05) is 0 Å². The van der Waals surface area contributed by atoms with Gasteiger partial charge in [0.05, 0.1) is 22.2 Å². The average molecular weight is 384 g/mol. The standard InChI is InChI=1S/C17H19Cl2N3O3/c1-9-12(10(2)22(4)21-9)8-15(23)20-17(3,16(24)25)11-5-6-13(18)14(19)7-11/h5-7H,8H2,1-4H3,(H,20,23)(H,24,25). The number of hydrogen-bond donors (Lipinski definition) is 2. The molecule has 1 aromatic heterocycles. The third-order valence-electron chi connectivity index (χ3n) is 4.31. The van der Waals surface area contributed by atoms with Crippen LogP contribution in [0.25, 0.3) is 0 Å². The van der Waals surface area contributed by atoms with E-state index in [9.17, 15) is 14.7 Å². The molecule has 0 bridgehead atoms. The van der Waals surface area contributed by atoms with Crippen molar-refractivity contribution in [2.45, 2.75) is 32.7 Å². The van der Waals surface area contributed by atoms with Gasteiger partial charge in [-0.15, -0.1) is 0 Å². The average Bonchev–Trinajstić information content (AvgIpc) is 2.76. The number of carbonyl (C=O) groups excluding carboxylic acids is 1. The first kappa shape index (κ1) is 19.3. The number of aromatic nitrogens is 2. The molecule has 1 aromatic carbocycles. The summed E-state index contributed by atoms with van der Waals surface area (Å²) in [4.78, 5) is 24.3. The Hall–Kier alpha value is -2.05. The van der Waals surface area contributed by atoms with Gasteiger partial charge in [-0.05, 0) is 38.5 Å². The minimum atomic E-state index is -1.63. The highest BCUT2D eigenvalue weighted by Crippen LogP contribution is 2.29. The van der Waals surface area contributed by atoms with Crippen LogP contribution in [0.4, 0.5) is 0 Å². The monoisotopic (exact) mass is 383 g/mol. The molecule has 2 rings (SSSR count). The van der Waals surface area contributed by atoms with Crippen molar-refractivity contribution in [1.82, 2.24) is 15.1 Å². The van der Waals surface area contributed by atoms with Gasteiger partial charge in [0.25, 0.3) is 0 Å². The third kappa shape index (κ3) is 3.80. The molecule has 0 aliphatic carbocycles. The summed E-state index contributed by atoms with van der Waals surface area (Å²) in [6.45, 7) is 5.08. The van der Waals surface area contributed by atoms with E-state index < -0.39 is 17.4 Å². The highest BCUT2D eigenvalue weighted by atomic mass is 35.5. The van der Waals surface area contributed by atoms with Crippen molar-refractivity contribution in [2.24, 2.45) is 7.05 Å². The SMILES string of the molecule is Cc1nn(C)c(C)c1CC(=O)NC(C)(C(=O)O)c1ccc(Cl)c(Cl)c1. The van der Waals surface area contributed by atoms with Gasteiger partial charge in [0.1, 0.15) is 0 Å². The summed E-state index contributed by atoms with van der Waals surface area (Å²) in [5.41, 5.74) is 1.08. The number of amides is 1. The number of carboxylic acid groups (broad SMARTS) is 1. The van der Waals surface area contributed by atoms with E-state index in [1.165, 1.54) is 25.1 Å². The first-order valence-corrected chi connectivity index (χ1v) is 8.31. The van der Waals surface area contributed by atoms with Crippen molar-refractivity contribution >= 4 is 35.1 Å². The van der Waals surface area contributed by atoms with Crippen LogP contribution in [-0.2, 0) is 28.6 Å². The number of aryl methyl sites for hydroxylation is 2. The van der Waals surface area contributed by atoms with Gasteiger partial charge in [0.2, 0.25) is 5.91 Å². The fourth-order valence-electron chi connectivity index (χ4n) is 2.61. The zero-order chi connectivity index (χ0) is 18.9. The summed E-state index contributed by atoms with van der Waals surface area (Å²) in [7, 11) is 1.79. The Morgan fingerprint density at radius 3 is 2.40 bits per heavy atom. The summed E-state index contributed by atoms with van der Waals surface area (Å²) >= 11 is 11.9. The molecule has 8 heteroatoms. The Balaban J connectivity index is 2.30. The zero-order valence-corrected chi connectivity index (χ0v) is 15.9. The summed E-state index contributed by atoms with van der Waals surface area (Å²) in [6, 6.07) is 4.48. The molecule has 2 aromatic rings. The van der Waals surface area contributed by atoms with E-state index in [-0.39, 0.29) is 11.4 Å². The zero-order valence-electron chi connectivity index (χ0n) is 14.4. The molecule has 0 spiro atoms. The molecule has 0 aliphatic heterocycles. The topological polar surface area (TPSA) is 84.2 Å². The van der Waals surface area contributed by atoms with Gasteiger partial charge >= 0.3 is 5.97 Å². The number of carbonyl (C=O) groups is 2. The number of halogens is 2. The van der Waals surface area contributed by atoms with Gasteiger partial charge in [-0.2, -0.15) is 5.10 Å². The van der Waals surface area contributed by atoms with Crippen LogP contribution in [0.3, 0.4) is 0 Å². The predicted octanol–water partition coefficient (Wildman–Crippen LogP) is 3.00. The highest BCUT2D eigenvalue weighted by molar-refractivity contribution is 6.42. The minimum Gasteiger partial charge on any atom is -0.479 e. The Morgan fingerprint density at radius 1 is 1.28 bits per heavy atom. The Morgan fingerprint density at radius 2 is 1.92 bits per heavy atom. The van der Waals surface area contributed by atoms with E-state index in [4.69, 9.17) is 23.2 Å². The molecule has 0 fully saturated rings. The number of nitrogens with one attached hydrogen (secondary N) is 1. The third-order valence-corrected chi connectivity index (χ3v) is 5.05. The van der Waals surface area contributed by atoms with Crippen LogP contribution in [-0.4, -0.2) is 26.8 Å². The lowest BCUT2D eigenvalue weighted by Gasteiger charge is -2.27. The second kappa shape index (κ2) is 7.06. The quantitative estimate of drug-likeness (QED) is 0.830. The molecule has 0 saturated carbocycles. The molecule has 0 saturated heterocycles. The van der Waals surface area contributed by atoms with E-state index >= 15 is 0 Å². The predicted molar refractivity (Wildman–Crippen MR) is 96.0 cm³/mol. The van der Waals surface area contributed by atoms with Crippen LogP contribution in [0.1, 0.15) is 29.4 Å². The van der Waals surface area contributed by atoms with Crippen LogP contribution in [0, 0.1) is 13.8 Å². The summed E-state index contributed by atoms with van der Waals surface area (Å²) in [5.74, 6) is -1.62. The molecule has 1 unspecified atom stereocenters. The van der Waals surface area contributed by atoms with Crippen molar-refractivity contribution in [1.29, 1.82) is 0 Å². The number of nitrogens with zero attached hydrogens (tertiary/aromatic N) is 2. The van der Waals surface area contributed by atoms with Gasteiger partial charge in [0.15, 0.2) is 5.54 Å². The molecule has 1 heterocycles. The van der Waals surface area contributed by atoms with Crippen molar-refractivity contribution in [3.63, 3.8) is 0 Å². The van der Waals surface area contributed by atoms with E-state index in [0.717, 1.165) is 17.0 Å². The van der Waals surface area contributed by atoms with Crippen LogP contribution in [0.15, 0.2) is 18.2 Å². The van der Waals surface area contributed by atoms with E-state index in [1.807, 2.05) is 13.8 Å². The molecular weight excluding hydrogens is 365 g/mol. The second-order valence-corrected chi connectivity index (χ2v) is 6.87. The van der Waals surface area contributed by atoms with Crippen LogP contribution < -0.4 is 5.32 Å². The van der Waals surface area contributed by atoms with Crippen molar-refractivity contribution < 1.29 is 14.7 Å². The molecule has 2 N–H and O–H groups in total. The maximum atomic E-state index is 12.5. The van der Waals surface area contributed by atoms with Gasteiger partial charge in [0, 0.05) is 18.3 Å². The molecule has 6 nitrogen and oxygen atoms in total. The summed E-state index contributed by atoms with van der Waals surface area (Å²) in [6.07, 6.45) is 0.0374. The lowest BCUT2D eigenvalue weighted by Crippen LogP contribution is -2.50. The lowest BCUT2D eigenvalue weighted by molar-refractivity contribution is -0.147. The highest BCUT2D eigenvalue weighted by Gasteiger charge is 2.37. The first-order valence-electron chi connectivity index (χ1n) is 7.55. The maximum Gasteiger partial charge on any atom is 0.333 e. The minimum absolute atomic E-state index is 0.0374. The number of benzene rings is 1. The van der Waals surface area contributed by atoms with E-state index in [2.05, 4.69) is 10.4 Å². The van der Waals surface area contributed by atoms with Gasteiger partial charge in [-0.1, -0.05) is 29.3 Å².